The van der Waals surface area contributed by atoms with Gasteiger partial charge in [0, 0.05) is 0 Å². The van der Waals surface area contributed by atoms with Crippen LogP contribution in [0.2, 0.25) is 0 Å². The molecule has 0 aliphatic carbocycles. The first kappa shape index (κ1) is 16.4. The Bertz CT molecular complexity index is 746. The van der Waals surface area contributed by atoms with Gasteiger partial charge >= 0.3 is 0 Å². The summed E-state index contributed by atoms with van der Waals surface area (Å²) in [5.41, 5.74) is 10.1. The van der Waals surface area contributed by atoms with E-state index in [-0.39, 0.29) is 0 Å². The van der Waals surface area contributed by atoms with Crippen molar-refractivity contribution in [2.45, 2.75) is 25.5 Å². The van der Waals surface area contributed by atoms with Crippen molar-refractivity contribution >= 4 is 0 Å². The van der Waals surface area contributed by atoms with E-state index in [9.17, 15) is 5.11 Å². The molecule has 0 heterocycles. The minimum absolute atomic E-state index is 0.566. The largest absolute Gasteiger partial charge is 0.378 e. The Kier molecular flexibility index (Phi) is 4.52. The summed E-state index contributed by atoms with van der Waals surface area (Å²) < 4.78 is 0. The van der Waals surface area contributed by atoms with Crippen molar-refractivity contribution in [1.29, 1.82) is 0 Å². The number of rotatable bonds is 4. The fourth-order valence-electron chi connectivity index (χ4n) is 3.04. The van der Waals surface area contributed by atoms with Gasteiger partial charge in [-0.3, -0.25) is 0 Å². The standard InChI is InChI=1S/C22H23NO/c1-16-8-12-19(13-9-16)22(24,20-14-10-17(2)11-15-20)21(23)18-6-4-3-5-7-18/h3-15,21,24H,23H2,1-2H3/t21-/m0/s1. The zero-order valence-electron chi connectivity index (χ0n) is 14.1. The van der Waals surface area contributed by atoms with Crippen molar-refractivity contribution in [3.05, 3.63) is 107 Å². The lowest BCUT2D eigenvalue weighted by atomic mass is 9.77. The summed E-state index contributed by atoms with van der Waals surface area (Å²) in [5.74, 6) is 0. The van der Waals surface area contributed by atoms with Crippen molar-refractivity contribution in [1.82, 2.24) is 0 Å². The number of aliphatic hydroxyl groups is 1. The molecule has 3 rings (SSSR count). The van der Waals surface area contributed by atoms with E-state index in [4.69, 9.17) is 5.73 Å². The first-order valence-electron chi connectivity index (χ1n) is 8.19. The number of aryl methyl sites for hydroxylation is 2. The number of hydrogen-bond donors (Lipinski definition) is 2. The maximum atomic E-state index is 11.7. The van der Waals surface area contributed by atoms with Gasteiger partial charge in [0.15, 0.2) is 0 Å². The molecule has 0 aliphatic rings. The second-order valence-corrected chi connectivity index (χ2v) is 6.39. The van der Waals surface area contributed by atoms with Gasteiger partial charge in [-0.05, 0) is 30.5 Å². The lowest BCUT2D eigenvalue weighted by Gasteiger charge is -2.35. The molecule has 1 atom stereocenters. The molecule has 0 saturated carbocycles. The van der Waals surface area contributed by atoms with Gasteiger partial charge in [-0.15, -0.1) is 0 Å². The third-order valence-corrected chi connectivity index (χ3v) is 4.59. The minimum Gasteiger partial charge on any atom is -0.378 e. The van der Waals surface area contributed by atoms with E-state index in [2.05, 4.69) is 0 Å². The van der Waals surface area contributed by atoms with Gasteiger partial charge in [0.1, 0.15) is 5.60 Å². The SMILES string of the molecule is Cc1ccc(C(O)(c2ccc(C)cc2)[C@@H](N)c2ccccc2)cc1. The third-order valence-electron chi connectivity index (χ3n) is 4.59. The Balaban J connectivity index is 2.16. The van der Waals surface area contributed by atoms with E-state index in [0.29, 0.717) is 0 Å². The van der Waals surface area contributed by atoms with Gasteiger partial charge in [-0.2, -0.15) is 0 Å². The summed E-state index contributed by atoms with van der Waals surface area (Å²) in [5, 5.41) is 11.7. The molecule has 2 nitrogen and oxygen atoms in total. The van der Waals surface area contributed by atoms with E-state index in [0.717, 1.165) is 27.8 Å². The Morgan fingerprint density at radius 3 is 1.54 bits per heavy atom. The topological polar surface area (TPSA) is 46.2 Å². The highest BCUT2D eigenvalue weighted by Crippen LogP contribution is 2.39. The van der Waals surface area contributed by atoms with Crippen molar-refractivity contribution in [2.24, 2.45) is 5.73 Å². The number of nitrogens with two attached hydrogens (primary N) is 1. The number of benzene rings is 3. The van der Waals surface area contributed by atoms with Crippen LogP contribution in [0.15, 0.2) is 78.9 Å². The Morgan fingerprint density at radius 1 is 0.708 bits per heavy atom. The van der Waals surface area contributed by atoms with Crippen molar-refractivity contribution < 1.29 is 5.11 Å². The molecule has 0 fully saturated rings. The summed E-state index contributed by atoms with van der Waals surface area (Å²) in [6.07, 6.45) is 0. The highest BCUT2D eigenvalue weighted by molar-refractivity contribution is 5.42. The lowest BCUT2D eigenvalue weighted by Crippen LogP contribution is -2.39. The Labute approximate surface area is 143 Å². The average molecular weight is 317 g/mol. The van der Waals surface area contributed by atoms with Crippen LogP contribution in [0.1, 0.15) is 33.9 Å². The third kappa shape index (κ3) is 2.99. The summed E-state index contributed by atoms with van der Waals surface area (Å²) in [7, 11) is 0. The molecule has 0 spiro atoms. The van der Waals surface area contributed by atoms with E-state index in [1.807, 2.05) is 92.7 Å². The Hall–Kier alpha value is -2.42. The molecule has 0 radical (unpaired) electrons. The first-order chi connectivity index (χ1) is 11.5. The van der Waals surface area contributed by atoms with Crippen LogP contribution >= 0.6 is 0 Å². The van der Waals surface area contributed by atoms with Crippen molar-refractivity contribution in [3.8, 4) is 0 Å². The van der Waals surface area contributed by atoms with Gasteiger partial charge in [-0.25, -0.2) is 0 Å². The maximum absolute atomic E-state index is 11.7. The molecule has 2 heteroatoms. The Morgan fingerprint density at radius 2 is 1.12 bits per heavy atom. The molecular weight excluding hydrogens is 294 g/mol. The first-order valence-corrected chi connectivity index (χ1v) is 8.19. The second-order valence-electron chi connectivity index (χ2n) is 6.39. The summed E-state index contributed by atoms with van der Waals surface area (Å²) in [6.45, 7) is 4.07. The normalized spacial score (nSPS) is 12.8. The smallest absolute Gasteiger partial charge is 0.134 e. The van der Waals surface area contributed by atoms with Gasteiger partial charge < -0.3 is 10.8 Å². The van der Waals surface area contributed by atoms with Crippen LogP contribution in [0.25, 0.3) is 0 Å². The average Bonchev–Trinajstić information content (AvgIpc) is 2.62. The zero-order valence-corrected chi connectivity index (χ0v) is 14.1. The van der Waals surface area contributed by atoms with Crippen LogP contribution in [0.4, 0.5) is 0 Å². The summed E-state index contributed by atoms with van der Waals surface area (Å²) in [4.78, 5) is 0. The van der Waals surface area contributed by atoms with Crippen LogP contribution in [0, 0.1) is 13.8 Å². The predicted octanol–water partition coefficient (Wildman–Crippen LogP) is 4.24. The molecule has 0 unspecified atom stereocenters. The molecule has 3 aromatic carbocycles. The van der Waals surface area contributed by atoms with Gasteiger partial charge in [-0.1, -0.05) is 90.0 Å². The molecule has 0 aliphatic heterocycles. The van der Waals surface area contributed by atoms with E-state index >= 15 is 0 Å². The van der Waals surface area contributed by atoms with Crippen LogP contribution < -0.4 is 5.73 Å². The van der Waals surface area contributed by atoms with Crippen LogP contribution in [0.3, 0.4) is 0 Å². The molecule has 0 aromatic heterocycles. The maximum Gasteiger partial charge on any atom is 0.134 e. The van der Waals surface area contributed by atoms with Gasteiger partial charge in [0.2, 0.25) is 0 Å². The molecule has 0 amide bonds. The van der Waals surface area contributed by atoms with E-state index in [1.54, 1.807) is 0 Å². The minimum atomic E-state index is -1.29. The van der Waals surface area contributed by atoms with Gasteiger partial charge in [0.05, 0.1) is 6.04 Å². The second kappa shape index (κ2) is 6.60. The summed E-state index contributed by atoms with van der Waals surface area (Å²) >= 11 is 0. The van der Waals surface area contributed by atoms with Crippen LogP contribution in [-0.2, 0) is 5.60 Å². The van der Waals surface area contributed by atoms with E-state index in [1.165, 1.54) is 0 Å². The highest BCUT2D eigenvalue weighted by atomic mass is 16.3. The molecule has 0 bridgehead atoms. The molecule has 122 valence electrons. The molecular formula is C22H23NO. The molecule has 3 aromatic rings. The predicted molar refractivity (Wildman–Crippen MR) is 98.7 cm³/mol. The zero-order chi connectivity index (χ0) is 17.2. The fraction of sp³-hybridized carbons (Fsp3) is 0.182. The lowest BCUT2D eigenvalue weighted by molar-refractivity contribution is 0.0512. The molecule has 0 saturated heterocycles. The monoisotopic (exact) mass is 317 g/mol. The highest BCUT2D eigenvalue weighted by Gasteiger charge is 2.39. The van der Waals surface area contributed by atoms with Crippen molar-refractivity contribution in [3.63, 3.8) is 0 Å². The van der Waals surface area contributed by atoms with Crippen molar-refractivity contribution in [2.75, 3.05) is 0 Å². The summed E-state index contributed by atoms with van der Waals surface area (Å²) in [6, 6.07) is 25.0. The fourth-order valence-corrected chi connectivity index (χ4v) is 3.04. The van der Waals surface area contributed by atoms with Crippen LogP contribution in [0.5, 0.6) is 0 Å². The number of hydrogen-bond acceptors (Lipinski definition) is 2. The van der Waals surface area contributed by atoms with Gasteiger partial charge in [0.25, 0.3) is 0 Å². The van der Waals surface area contributed by atoms with E-state index < -0.39 is 11.6 Å². The molecule has 24 heavy (non-hydrogen) atoms. The quantitative estimate of drug-likeness (QED) is 0.756. The molecule has 3 N–H and O–H groups in total. The van der Waals surface area contributed by atoms with Crippen LogP contribution in [-0.4, -0.2) is 5.11 Å².